The fraction of sp³-hybridized carbons (Fsp3) is 0.154. The molecule has 2 aromatic rings. The van der Waals surface area contributed by atoms with Crippen LogP contribution in [0.5, 0.6) is 11.5 Å². The van der Waals surface area contributed by atoms with E-state index in [1.54, 1.807) is 7.05 Å². The summed E-state index contributed by atoms with van der Waals surface area (Å²) in [6, 6.07) is 2.76. The zero-order valence-corrected chi connectivity index (χ0v) is 10.3. The molecular weight excluding hydrogens is 248 g/mol. The van der Waals surface area contributed by atoms with Gasteiger partial charge in [0.1, 0.15) is 17.2 Å². The van der Waals surface area contributed by atoms with Crippen molar-refractivity contribution in [3.05, 3.63) is 40.7 Å². The maximum atomic E-state index is 12.4. The van der Waals surface area contributed by atoms with E-state index >= 15 is 0 Å². The number of phenolic OH excluding ortho intramolecular Hbond substituents is 1. The fourth-order valence-electron chi connectivity index (χ4n) is 2.27. The first-order chi connectivity index (χ1) is 9.04. The average molecular weight is 258 g/mol. The first-order valence-corrected chi connectivity index (χ1v) is 5.57. The molecule has 1 aliphatic rings. The number of methoxy groups -OCH3 is 1. The van der Waals surface area contributed by atoms with Crippen LogP contribution >= 0.6 is 0 Å². The Morgan fingerprint density at radius 1 is 1.21 bits per heavy atom. The summed E-state index contributed by atoms with van der Waals surface area (Å²) in [7, 11) is 3.01. The Bertz CT molecular complexity index is 730. The van der Waals surface area contributed by atoms with Gasteiger partial charge in [-0.15, -0.1) is 0 Å². The summed E-state index contributed by atoms with van der Waals surface area (Å²) in [5.74, 6) is -0.693. The average Bonchev–Trinajstić information content (AvgIpc) is 2.77. The second-order valence-electron chi connectivity index (χ2n) is 4.26. The topological polar surface area (TPSA) is 81.4 Å². The van der Waals surface area contributed by atoms with Gasteiger partial charge >= 0.3 is 0 Å². The van der Waals surface area contributed by atoms with Crippen LogP contribution in [0.25, 0.3) is 0 Å². The Morgan fingerprint density at radius 2 is 1.95 bits per heavy atom. The summed E-state index contributed by atoms with van der Waals surface area (Å²) in [4.78, 5) is 24.7. The molecule has 0 amide bonds. The third-order valence-electron chi connectivity index (χ3n) is 3.20. The Labute approximate surface area is 108 Å². The number of aryl methyl sites for hydroxylation is 1. The van der Waals surface area contributed by atoms with Gasteiger partial charge in [0.15, 0.2) is 0 Å². The van der Waals surface area contributed by atoms with Crippen molar-refractivity contribution in [2.45, 2.75) is 0 Å². The highest BCUT2D eigenvalue weighted by Gasteiger charge is 2.35. The summed E-state index contributed by atoms with van der Waals surface area (Å²) in [5, 5.41) is 13.8. The lowest BCUT2D eigenvalue weighted by atomic mass is 9.87. The molecule has 0 atom stereocenters. The van der Waals surface area contributed by atoms with E-state index in [9.17, 15) is 14.7 Å². The molecule has 0 saturated carbocycles. The van der Waals surface area contributed by atoms with Crippen molar-refractivity contribution in [1.82, 2.24) is 9.78 Å². The molecule has 0 spiro atoms. The van der Waals surface area contributed by atoms with Crippen LogP contribution in [0.3, 0.4) is 0 Å². The van der Waals surface area contributed by atoms with Gasteiger partial charge in [0.05, 0.1) is 24.4 Å². The Hall–Kier alpha value is -2.63. The lowest BCUT2D eigenvalue weighted by Crippen LogP contribution is -2.22. The second kappa shape index (κ2) is 3.68. The van der Waals surface area contributed by atoms with E-state index in [1.165, 1.54) is 30.1 Å². The second-order valence-corrected chi connectivity index (χ2v) is 4.26. The third kappa shape index (κ3) is 1.40. The zero-order chi connectivity index (χ0) is 13.7. The molecule has 1 aliphatic carbocycles. The zero-order valence-electron chi connectivity index (χ0n) is 10.3. The van der Waals surface area contributed by atoms with Crippen molar-refractivity contribution >= 4 is 11.6 Å². The first kappa shape index (κ1) is 11.5. The molecule has 6 heteroatoms. The number of aromatic hydroxyl groups is 1. The highest BCUT2D eigenvalue weighted by molar-refractivity contribution is 6.28. The van der Waals surface area contributed by atoms with E-state index in [4.69, 9.17) is 4.74 Å². The maximum absolute atomic E-state index is 12.4. The molecule has 96 valence electrons. The van der Waals surface area contributed by atoms with Crippen molar-refractivity contribution < 1.29 is 19.4 Å². The molecule has 3 rings (SSSR count). The van der Waals surface area contributed by atoms with E-state index in [0.29, 0.717) is 5.75 Å². The van der Waals surface area contributed by atoms with Crippen molar-refractivity contribution in [3.63, 3.8) is 0 Å². The number of hydrogen-bond acceptors (Lipinski definition) is 5. The van der Waals surface area contributed by atoms with E-state index in [-0.39, 0.29) is 33.9 Å². The number of nitrogens with zero attached hydrogens (tertiary/aromatic N) is 2. The van der Waals surface area contributed by atoms with Gasteiger partial charge in [-0.25, -0.2) is 0 Å². The van der Waals surface area contributed by atoms with Gasteiger partial charge < -0.3 is 9.84 Å². The Kier molecular flexibility index (Phi) is 2.22. The number of carbonyl (C=O) groups is 2. The lowest BCUT2D eigenvalue weighted by Gasteiger charge is -2.17. The van der Waals surface area contributed by atoms with Crippen LogP contribution in [-0.4, -0.2) is 33.6 Å². The number of ether oxygens (including phenoxy) is 1. The molecule has 0 aliphatic heterocycles. The first-order valence-electron chi connectivity index (χ1n) is 5.57. The van der Waals surface area contributed by atoms with E-state index in [2.05, 4.69) is 5.10 Å². The van der Waals surface area contributed by atoms with Crippen LogP contribution in [0, 0.1) is 0 Å². The lowest BCUT2D eigenvalue weighted by molar-refractivity contribution is 0.0971. The third-order valence-corrected chi connectivity index (χ3v) is 3.20. The van der Waals surface area contributed by atoms with E-state index < -0.39 is 5.78 Å². The molecule has 0 fully saturated rings. The number of ketones is 2. The molecule has 1 aromatic heterocycles. The molecule has 1 aromatic carbocycles. The summed E-state index contributed by atoms with van der Waals surface area (Å²) in [5.41, 5.74) is 0.579. The minimum atomic E-state index is -0.405. The molecule has 6 nitrogen and oxygen atoms in total. The van der Waals surface area contributed by atoms with Crippen molar-refractivity contribution in [2.24, 2.45) is 7.05 Å². The van der Waals surface area contributed by atoms with Crippen molar-refractivity contribution in [1.29, 1.82) is 0 Å². The normalized spacial score (nSPS) is 13.2. The van der Waals surface area contributed by atoms with E-state index in [1.807, 2.05) is 0 Å². The summed E-state index contributed by atoms with van der Waals surface area (Å²) in [6.45, 7) is 0. The summed E-state index contributed by atoms with van der Waals surface area (Å²) < 4.78 is 6.35. The number of fused-ring (bicyclic) bond motifs is 2. The van der Waals surface area contributed by atoms with Gasteiger partial charge in [-0.3, -0.25) is 14.3 Å². The number of phenols is 1. The molecule has 0 radical (unpaired) electrons. The van der Waals surface area contributed by atoms with E-state index in [0.717, 1.165) is 0 Å². The van der Waals surface area contributed by atoms with Gasteiger partial charge in [-0.2, -0.15) is 5.10 Å². The van der Waals surface area contributed by atoms with Crippen molar-refractivity contribution in [3.8, 4) is 11.5 Å². The highest BCUT2D eigenvalue weighted by atomic mass is 16.5. The number of carbonyl (C=O) groups excluding carboxylic acids is 2. The van der Waals surface area contributed by atoms with Crippen LogP contribution in [0.1, 0.15) is 32.0 Å². The monoisotopic (exact) mass is 258 g/mol. The summed E-state index contributed by atoms with van der Waals surface area (Å²) >= 11 is 0. The molecule has 1 heterocycles. The SMILES string of the molecule is COc1cc(O)c2c(c1)C(=O)c1c(cnn1C)C2=O. The van der Waals surface area contributed by atoms with Crippen LogP contribution < -0.4 is 4.74 Å². The molecule has 0 unspecified atom stereocenters. The minimum absolute atomic E-state index is 0.00583. The fourth-order valence-corrected chi connectivity index (χ4v) is 2.27. The number of aromatic nitrogens is 2. The standard InChI is InChI=1S/C13H10N2O4/c1-15-11-8(5-14-15)12(17)10-7(13(11)18)3-6(19-2)4-9(10)16/h3-5,16H,1-2H3. The number of rotatable bonds is 1. The van der Waals surface area contributed by atoms with Crippen LogP contribution in [-0.2, 0) is 7.05 Å². The van der Waals surface area contributed by atoms with Gasteiger partial charge in [0.25, 0.3) is 0 Å². The molecule has 19 heavy (non-hydrogen) atoms. The largest absolute Gasteiger partial charge is 0.507 e. The minimum Gasteiger partial charge on any atom is -0.507 e. The quantitative estimate of drug-likeness (QED) is 0.701. The predicted molar refractivity (Wildman–Crippen MR) is 64.7 cm³/mol. The number of benzene rings is 1. The van der Waals surface area contributed by atoms with Crippen LogP contribution in [0.15, 0.2) is 18.3 Å². The van der Waals surface area contributed by atoms with Gasteiger partial charge in [-0.05, 0) is 6.07 Å². The molecule has 0 saturated heterocycles. The van der Waals surface area contributed by atoms with Gasteiger partial charge in [-0.1, -0.05) is 0 Å². The maximum Gasteiger partial charge on any atom is 0.212 e. The number of hydrogen-bond donors (Lipinski definition) is 1. The Morgan fingerprint density at radius 3 is 2.63 bits per heavy atom. The van der Waals surface area contributed by atoms with Gasteiger partial charge in [0, 0.05) is 18.7 Å². The van der Waals surface area contributed by atoms with Crippen LogP contribution in [0.4, 0.5) is 0 Å². The predicted octanol–water partition coefficient (Wildman–Crippen LogP) is 0.910. The summed E-state index contributed by atoms with van der Waals surface area (Å²) in [6.07, 6.45) is 1.34. The van der Waals surface area contributed by atoms with Gasteiger partial charge in [0.2, 0.25) is 11.6 Å². The molecule has 0 bridgehead atoms. The van der Waals surface area contributed by atoms with Crippen LogP contribution in [0.2, 0.25) is 0 Å². The molecule has 1 N–H and O–H groups in total. The molecular formula is C13H10N2O4. The Balaban J connectivity index is 2.34. The smallest absolute Gasteiger partial charge is 0.212 e. The highest BCUT2D eigenvalue weighted by Crippen LogP contribution is 2.35. The van der Waals surface area contributed by atoms with Crippen molar-refractivity contribution in [2.75, 3.05) is 7.11 Å².